The van der Waals surface area contributed by atoms with Crippen LogP contribution in [0.4, 0.5) is 0 Å². The van der Waals surface area contributed by atoms with Crippen molar-refractivity contribution in [1.82, 2.24) is 10.6 Å². The van der Waals surface area contributed by atoms with E-state index in [0.29, 0.717) is 18.4 Å². The predicted octanol–water partition coefficient (Wildman–Crippen LogP) is 8.06. The van der Waals surface area contributed by atoms with Crippen LogP contribution in [0.3, 0.4) is 0 Å². The van der Waals surface area contributed by atoms with E-state index < -0.39 is 0 Å². The zero-order chi connectivity index (χ0) is 28.1. The number of hydrogen-bond donors (Lipinski definition) is 2. The molecule has 0 spiro atoms. The van der Waals surface area contributed by atoms with E-state index in [1.54, 1.807) is 0 Å². The van der Waals surface area contributed by atoms with Gasteiger partial charge in [0.2, 0.25) is 5.91 Å². The molecule has 3 nitrogen and oxygen atoms in total. The van der Waals surface area contributed by atoms with E-state index >= 15 is 0 Å². The van der Waals surface area contributed by atoms with E-state index in [2.05, 4.69) is 90.4 Å². The van der Waals surface area contributed by atoms with Crippen molar-refractivity contribution in [3.05, 3.63) is 105 Å². The zero-order valence-electron chi connectivity index (χ0n) is 23.3. The van der Waals surface area contributed by atoms with Gasteiger partial charge in [-0.3, -0.25) is 4.79 Å². The van der Waals surface area contributed by atoms with Crippen LogP contribution in [-0.4, -0.2) is 24.5 Å². The van der Waals surface area contributed by atoms with E-state index in [1.807, 2.05) is 0 Å². The molecule has 5 heteroatoms. The standard InChI is InChI=1S/C36H34Cl2N2O/c1-21-14-22-8-10-24(16-26(22)15-21)30-4-2-6-32(35(30)37)33-7-3-5-31(36(33)38)25-11-9-23-18-29(19-27(23)17-25)39-20-28-12-13-34(41)40-28/h2-11,16-17,21,28-29,39H,12-15,18-20H2,1H3,(H,40,41). The third-order valence-corrected chi connectivity index (χ3v) is 9.94. The normalized spacial score (nSPS) is 21.1. The van der Waals surface area contributed by atoms with Crippen LogP contribution >= 0.6 is 23.2 Å². The molecule has 3 unspecified atom stereocenters. The monoisotopic (exact) mass is 580 g/mol. The van der Waals surface area contributed by atoms with E-state index in [1.165, 1.54) is 22.3 Å². The first-order chi connectivity index (χ1) is 19.9. The van der Waals surface area contributed by atoms with Gasteiger partial charge in [0.25, 0.3) is 0 Å². The molecule has 2 aliphatic carbocycles. The topological polar surface area (TPSA) is 41.1 Å². The van der Waals surface area contributed by atoms with Gasteiger partial charge in [-0.2, -0.15) is 0 Å². The number of benzene rings is 4. The average molecular weight is 582 g/mol. The lowest BCUT2D eigenvalue weighted by Gasteiger charge is -2.16. The van der Waals surface area contributed by atoms with Crippen molar-refractivity contribution in [1.29, 1.82) is 0 Å². The Hall–Kier alpha value is -3.11. The van der Waals surface area contributed by atoms with Gasteiger partial charge in [-0.05, 0) is 71.4 Å². The second kappa shape index (κ2) is 10.9. The van der Waals surface area contributed by atoms with Crippen LogP contribution in [0.25, 0.3) is 33.4 Å². The van der Waals surface area contributed by atoms with Crippen LogP contribution in [0.1, 0.15) is 42.0 Å². The molecule has 4 aromatic rings. The van der Waals surface area contributed by atoms with Crippen LogP contribution < -0.4 is 10.6 Å². The molecule has 0 bridgehead atoms. The van der Waals surface area contributed by atoms with Gasteiger partial charge >= 0.3 is 0 Å². The molecule has 208 valence electrons. The van der Waals surface area contributed by atoms with Crippen molar-refractivity contribution in [3.8, 4) is 33.4 Å². The first-order valence-corrected chi connectivity index (χ1v) is 15.5. The van der Waals surface area contributed by atoms with Gasteiger partial charge in [0.1, 0.15) is 0 Å². The molecule has 7 rings (SSSR count). The number of carbonyl (C=O) groups excluding carboxylic acids is 1. The summed E-state index contributed by atoms with van der Waals surface area (Å²) in [7, 11) is 0. The third kappa shape index (κ3) is 5.20. The van der Waals surface area contributed by atoms with E-state index in [4.69, 9.17) is 23.2 Å². The fraction of sp³-hybridized carbons (Fsp3) is 0.306. The quantitative estimate of drug-likeness (QED) is 0.242. The summed E-state index contributed by atoms with van der Waals surface area (Å²) in [6.45, 7) is 3.15. The molecule has 1 fully saturated rings. The Balaban J connectivity index is 1.14. The zero-order valence-corrected chi connectivity index (χ0v) is 24.8. The molecule has 0 radical (unpaired) electrons. The second-order valence-corrected chi connectivity index (χ2v) is 12.9. The molecule has 1 amide bonds. The average Bonchev–Trinajstić information content (AvgIpc) is 3.68. The van der Waals surface area contributed by atoms with Crippen molar-refractivity contribution in [2.45, 2.75) is 57.5 Å². The lowest BCUT2D eigenvalue weighted by molar-refractivity contribution is -0.119. The SMILES string of the molecule is CC1Cc2ccc(-c3cccc(-c4cccc(-c5ccc6c(c5)CC(NCC5CCC(=O)N5)C6)c4Cl)c3Cl)cc2C1. The molecule has 3 atom stereocenters. The summed E-state index contributed by atoms with van der Waals surface area (Å²) in [5, 5.41) is 8.19. The summed E-state index contributed by atoms with van der Waals surface area (Å²) in [4.78, 5) is 11.5. The summed E-state index contributed by atoms with van der Waals surface area (Å²) in [5.74, 6) is 0.868. The highest BCUT2D eigenvalue weighted by Gasteiger charge is 2.26. The summed E-state index contributed by atoms with van der Waals surface area (Å²) in [6, 6.07) is 26.6. The Morgan fingerprint density at radius 2 is 1.27 bits per heavy atom. The van der Waals surface area contributed by atoms with E-state index in [9.17, 15) is 4.79 Å². The highest BCUT2D eigenvalue weighted by atomic mass is 35.5. The van der Waals surface area contributed by atoms with Crippen LogP contribution in [0, 0.1) is 5.92 Å². The molecule has 1 saturated heterocycles. The summed E-state index contributed by atoms with van der Waals surface area (Å²) >= 11 is 14.3. The molecule has 1 aliphatic heterocycles. The Labute approximate surface area is 252 Å². The summed E-state index contributed by atoms with van der Waals surface area (Å²) in [5.41, 5.74) is 11.9. The Bertz CT molecular complexity index is 1660. The largest absolute Gasteiger partial charge is 0.352 e. The Morgan fingerprint density at radius 3 is 1.88 bits per heavy atom. The number of hydrogen-bond acceptors (Lipinski definition) is 2. The van der Waals surface area contributed by atoms with Gasteiger partial charge in [0, 0.05) is 47.3 Å². The Kier molecular flexibility index (Phi) is 7.15. The molecule has 3 aliphatic rings. The van der Waals surface area contributed by atoms with Gasteiger partial charge in [-0.25, -0.2) is 0 Å². The first-order valence-electron chi connectivity index (χ1n) is 14.8. The molecular weight excluding hydrogens is 547 g/mol. The lowest BCUT2D eigenvalue weighted by Crippen LogP contribution is -2.40. The fourth-order valence-corrected chi connectivity index (χ4v) is 7.67. The predicted molar refractivity (Wildman–Crippen MR) is 170 cm³/mol. The maximum Gasteiger partial charge on any atom is 0.220 e. The number of halogens is 2. The van der Waals surface area contributed by atoms with Crippen molar-refractivity contribution in [3.63, 3.8) is 0 Å². The van der Waals surface area contributed by atoms with Crippen LogP contribution in [0.5, 0.6) is 0 Å². The maximum atomic E-state index is 11.5. The maximum absolute atomic E-state index is 11.5. The molecule has 2 N–H and O–H groups in total. The van der Waals surface area contributed by atoms with Crippen LogP contribution in [0.15, 0.2) is 72.8 Å². The van der Waals surface area contributed by atoms with Gasteiger partial charge < -0.3 is 10.6 Å². The van der Waals surface area contributed by atoms with E-state index in [-0.39, 0.29) is 11.9 Å². The minimum absolute atomic E-state index is 0.168. The second-order valence-electron chi connectivity index (χ2n) is 12.1. The fourth-order valence-electron chi connectivity index (χ4n) is 7.00. The molecular formula is C36H34Cl2N2O. The molecule has 0 saturated carbocycles. The van der Waals surface area contributed by atoms with Crippen LogP contribution in [-0.2, 0) is 30.5 Å². The van der Waals surface area contributed by atoms with Crippen molar-refractivity contribution >= 4 is 29.1 Å². The summed E-state index contributed by atoms with van der Waals surface area (Å²) in [6.07, 6.45) is 5.84. The van der Waals surface area contributed by atoms with Crippen LogP contribution in [0.2, 0.25) is 10.0 Å². The molecule has 1 heterocycles. The summed E-state index contributed by atoms with van der Waals surface area (Å²) < 4.78 is 0. The number of rotatable bonds is 6. The molecule has 4 aromatic carbocycles. The Morgan fingerprint density at radius 1 is 0.732 bits per heavy atom. The smallest absolute Gasteiger partial charge is 0.220 e. The number of amides is 1. The highest BCUT2D eigenvalue weighted by molar-refractivity contribution is 6.39. The number of nitrogens with one attached hydrogen (secondary N) is 2. The minimum Gasteiger partial charge on any atom is -0.352 e. The molecule has 0 aromatic heterocycles. The number of carbonyl (C=O) groups is 1. The van der Waals surface area contributed by atoms with Crippen molar-refractivity contribution < 1.29 is 4.79 Å². The van der Waals surface area contributed by atoms with Gasteiger partial charge in [0.05, 0.1) is 10.0 Å². The highest BCUT2D eigenvalue weighted by Crippen LogP contribution is 2.43. The van der Waals surface area contributed by atoms with Crippen molar-refractivity contribution in [2.75, 3.05) is 6.54 Å². The first kappa shape index (κ1) is 26.8. The third-order valence-electron chi connectivity index (χ3n) is 9.13. The van der Waals surface area contributed by atoms with Gasteiger partial charge in [0.15, 0.2) is 0 Å². The van der Waals surface area contributed by atoms with E-state index in [0.717, 1.165) is 82.1 Å². The lowest BCUT2D eigenvalue weighted by atomic mass is 9.94. The number of fused-ring (bicyclic) bond motifs is 2. The molecule has 41 heavy (non-hydrogen) atoms. The van der Waals surface area contributed by atoms with Crippen molar-refractivity contribution in [2.24, 2.45) is 5.92 Å². The minimum atomic E-state index is 0.168. The van der Waals surface area contributed by atoms with Gasteiger partial charge in [-0.15, -0.1) is 0 Å². The van der Waals surface area contributed by atoms with Gasteiger partial charge in [-0.1, -0.05) is 103 Å².